The number of nitrogens with zero attached hydrogens (tertiary/aromatic N) is 2. The van der Waals surface area contributed by atoms with Gasteiger partial charge in [-0.15, -0.1) is 0 Å². The molecule has 0 spiro atoms. The van der Waals surface area contributed by atoms with E-state index in [0.29, 0.717) is 48.0 Å². The molecule has 1 N–H and O–H groups in total. The van der Waals surface area contributed by atoms with E-state index in [2.05, 4.69) is 10.3 Å². The number of hydrogen-bond donors (Lipinski definition) is 1. The van der Waals surface area contributed by atoms with E-state index < -0.39 is 15.6 Å². The normalized spacial score (nSPS) is 26.9. The van der Waals surface area contributed by atoms with Crippen LogP contribution in [0.15, 0.2) is 12.1 Å². The SMILES string of the molecule is O=C(Nc1nc2cc3c(cc2s1)OCO3)C12CCCN1S(=O)(=O)CC2. The van der Waals surface area contributed by atoms with Gasteiger partial charge in [0.05, 0.1) is 16.0 Å². The van der Waals surface area contributed by atoms with Crippen molar-refractivity contribution in [2.24, 2.45) is 0 Å². The first-order chi connectivity index (χ1) is 12.0. The molecule has 1 unspecified atom stereocenters. The molecule has 1 atom stereocenters. The van der Waals surface area contributed by atoms with Crippen LogP contribution in [0.2, 0.25) is 0 Å². The summed E-state index contributed by atoms with van der Waals surface area (Å²) in [5, 5.41) is 3.28. The van der Waals surface area contributed by atoms with Crippen LogP contribution < -0.4 is 14.8 Å². The summed E-state index contributed by atoms with van der Waals surface area (Å²) >= 11 is 1.33. The fraction of sp³-hybridized carbons (Fsp3) is 0.467. The maximum Gasteiger partial charge on any atom is 0.247 e. The van der Waals surface area contributed by atoms with E-state index in [4.69, 9.17) is 9.47 Å². The van der Waals surface area contributed by atoms with Gasteiger partial charge in [-0.3, -0.25) is 4.79 Å². The smallest absolute Gasteiger partial charge is 0.247 e. The standard InChI is InChI=1S/C15H15N3O5S2/c19-13(15-2-1-4-18(15)25(20,21)5-3-15)17-14-16-9-6-10-11(23-8-22-10)7-12(9)24-14/h6-7H,1-5,8H2,(H,16,17,19). The van der Waals surface area contributed by atoms with E-state index in [1.54, 1.807) is 6.07 Å². The van der Waals surface area contributed by atoms with Gasteiger partial charge in [0.15, 0.2) is 16.6 Å². The number of benzene rings is 1. The molecule has 1 aromatic carbocycles. The Labute approximate surface area is 147 Å². The number of amides is 1. The van der Waals surface area contributed by atoms with E-state index >= 15 is 0 Å². The molecule has 0 saturated carbocycles. The third-order valence-electron chi connectivity index (χ3n) is 5.06. The largest absolute Gasteiger partial charge is 0.454 e. The Hall–Kier alpha value is -1.91. The predicted octanol–water partition coefficient (Wildman–Crippen LogP) is 1.53. The molecular formula is C15H15N3O5S2. The maximum absolute atomic E-state index is 12.9. The molecule has 4 heterocycles. The van der Waals surface area contributed by atoms with Crippen LogP contribution in [0.5, 0.6) is 11.5 Å². The Morgan fingerprint density at radius 2 is 2.08 bits per heavy atom. The Kier molecular flexibility index (Phi) is 3.10. The lowest BCUT2D eigenvalue weighted by Gasteiger charge is -2.28. The number of aromatic nitrogens is 1. The summed E-state index contributed by atoms with van der Waals surface area (Å²) in [6.07, 6.45) is 1.59. The van der Waals surface area contributed by atoms with Crippen molar-refractivity contribution in [1.29, 1.82) is 0 Å². The van der Waals surface area contributed by atoms with Crippen LogP contribution in [0.3, 0.4) is 0 Å². The van der Waals surface area contributed by atoms with Gasteiger partial charge in [0.25, 0.3) is 0 Å². The molecule has 10 heteroatoms. The van der Waals surface area contributed by atoms with Gasteiger partial charge < -0.3 is 14.8 Å². The third-order valence-corrected chi connectivity index (χ3v) is 7.92. The average molecular weight is 381 g/mol. The van der Waals surface area contributed by atoms with Crippen molar-refractivity contribution in [1.82, 2.24) is 9.29 Å². The highest BCUT2D eigenvalue weighted by Gasteiger charge is 2.57. The van der Waals surface area contributed by atoms with E-state index in [1.807, 2.05) is 6.07 Å². The topological polar surface area (TPSA) is 97.8 Å². The molecule has 0 aliphatic carbocycles. The highest BCUT2D eigenvalue weighted by molar-refractivity contribution is 7.89. The van der Waals surface area contributed by atoms with E-state index in [1.165, 1.54) is 15.6 Å². The minimum Gasteiger partial charge on any atom is -0.454 e. The molecule has 2 saturated heterocycles. The second-order valence-corrected chi connectivity index (χ2v) is 9.46. The zero-order valence-corrected chi connectivity index (χ0v) is 14.8. The second-order valence-electron chi connectivity index (χ2n) is 6.42. The summed E-state index contributed by atoms with van der Waals surface area (Å²) in [6.45, 7) is 0.611. The van der Waals surface area contributed by atoms with Crippen molar-refractivity contribution < 1.29 is 22.7 Å². The molecule has 2 fully saturated rings. The minimum atomic E-state index is -3.33. The maximum atomic E-state index is 12.9. The van der Waals surface area contributed by atoms with Crippen LogP contribution >= 0.6 is 11.3 Å². The lowest BCUT2D eigenvalue weighted by Crippen LogP contribution is -2.50. The second kappa shape index (κ2) is 5.05. The molecule has 5 rings (SSSR count). The molecule has 8 nitrogen and oxygen atoms in total. The van der Waals surface area contributed by atoms with Gasteiger partial charge in [-0.2, -0.15) is 4.31 Å². The quantitative estimate of drug-likeness (QED) is 0.847. The summed E-state index contributed by atoms with van der Waals surface area (Å²) in [4.78, 5) is 17.3. The van der Waals surface area contributed by atoms with Crippen LogP contribution in [0.25, 0.3) is 10.2 Å². The van der Waals surface area contributed by atoms with E-state index in [9.17, 15) is 13.2 Å². The zero-order valence-electron chi connectivity index (χ0n) is 13.1. The average Bonchev–Trinajstić information content (AvgIpc) is 3.30. The number of thiazole rings is 1. The molecule has 25 heavy (non-hydrogen) atoms. The van der Waals surface area contributed by atoms with Crippen LogP contribution in [0.4, 0.5) is 5.13 Å². The Morgan fingerprint density at radius 1 is 1.28 bits per heavy atom. The van der Waals surface area contributed by atoms with Crippen LogP contribution in [0.1, 0.15) is 19.3 Å². The molecule has 3 aliphatic rings. The molecule has 1 amide bonds. The van der Waals surface area contributed by atoms with Crippen LogP contribution in [0, 0.1) is 0 Å². The number of sulfonamides is 1. The summed E-state index contributed by atoms with van der Waals surface area (Å²) < 4.78 is 37.3. The molecular weight excluding hydrogens is 366 g/mol. The highest BCUT2D eigenvalue weighted by atomic mass is 32.2. The van der Waals surface area contributed by atoms with E-state index in [0.717, 1.165) is 4.70 Å². The van der Waals surface area contributed by atoms with Gasteiger partial charge in [0.2, 0.25) is 22.7 Å². The fourth-order valence-corrected chi connectivity index (χ4v) is 6.73. The van der Waals surface area contributed by atoms with Crippen molar-refractivity contribution in [3.63, 3.8) is 0 Å². The van der Waals surface area contributed by atoms with Crippen LogP contribution in [-0.2, 0) is 14.8 Å². The summed E-state index contributed by atoms with van der Waals surface area (Å²) in [7, 11) is -3.33. The van der Waals surface area contributed by atoms with Gasteiger partial charge in [-0.1, -0.05) is 11.3 Å². The number of nitrogens with one attached hydrogen (secondary N) is 1. The molecule has 132 valence electrons. The number of carbonyl (C=O) groups excluding carboxylic acids is 1. The van der Waals surface area contributed by atoms with Gasteiger partial charge >= 0.3 is 0 Å². The number of rotatable bonds is 2. The van der Waals surface area contributed by atoms with Crippen molar-refractivity contribution in [2.75, 3.05) is 24.4 Å². The zero-order chi connectivity index (χ0) is 17.2. The Bertz CT molecular complexity index is 961. The first-order valence-corrected chi connectivity index (χ1v) is 10.4. The van der Waals surface area contributed by atoms with Gasteiger partial charge in [0.1, 0.15) is 5.54 Å². The van der Waals surface area contributed by atoms with Crippen LogP contribution in [-0.4, -0.2) is 48.2 Å². The molecule has 3 aliphatic heterocycles. The highest BCUT2D eigenvalue weighted by Crippen LogP contribution is 2.43. The molecule has 0 bridgehead atoms. The van der Waals surface area contributed by atoms with Crippen molar-refractivity contribution >= 4 is 42.6 Å². The van der Waals surface area contributed by atoms with Gasteiger partial charge in [-0.05, 0) is 19.3 Å². The van der Waals surface area contributed by atoms with Gasteiger partial charge in [-0.25, -0.2) is 13.4 Å². The number of carbonyl (C=O) groups is 1. The Morgan fingerprint density at radius 3 is 2.92 bits per heavy atom. The monoisotopic (exact) mass is 381 g/mol. The lowest BCUT2D eigenvalue weighted by atomic mass is 9.93. The van der Waals surface area contributed by atoms with Crippen molar-refractivity contribution in [3.8, 4) is 11.5 Å². The first kappa shape index (κ1) is 15.4. The van der Waals surface area contributed by atoms with Crippen molar-refractivity contribution in [2.45, 2.75) is 24.8 Å². The number of ether oxygens (including phenoxy) is 2. The Balaban J connectivity index is 1.45. The van der Waals surface area contributed by atoms with Crippen molar-refractivity contribution in [3.05, 3.63) is 12.1 Å². The number of anilines is 1. The molecule has 1 aromatic heterocycles. The summed E-state index contributed by atoms with van der Waals surface area (Å²) in [5.41, 5.74) is -0.241. The lowest BCUT2D eigenvalue weighted by molar-refractivity contribution is -0.123. The summed E-state index contributed by atoms with van der Waals surface area (Å²) in [5.74, 6) is 1.04. The predicted molar refractivity (Wildman–Crippen MR) is 91.4 cm³/mol. The number of fused-ring (bicyclic) bond motifs is 3. The first-order valence-electron chi connectivity index (χ1n) is 8.00. The molecule has 0 radical (unpaired) electrons. The summed E-state index contributed by atoms with van der Waals surface area (Å²) in [6, 6.07) is 3.62. The molecule has 2 aromatic rings. The van der Waals surface area contributed by atoms with E-state index in [-0.39, 0.29) is 18.5 Å². The third kappa shape index (κ3) is 2.17. The minimum absolute atomic E-state index is 0.0294. The number of hydrogen-bond acceptors (Lipinski definition) is 7. The van der Waals surface area contributed by atoms with Gasteiger partial charge in [0, 0.05) is 18.7 Å². The fourth-order valence-electron chi connectivity index (χ4n) is 3.84.